The summed E-state index contributed by atoms with van der Waals surface area (Å²) in [7, 11) is 1.93. The van der Waals surface area contributed by atoms with E-state index in [1.807, 2.05) is 30.3 Å². The summed E-state index contributed by atoms with van der Waals surface area (Å²) in [6.07, 6.45) is 0. The van der Waals surface area contributed by atoms with Crippen molar-refractivity contribution >= 4 is 28.7 Å². The summed E-state index contributed by atoms with van der Waals surface area (Å²) in [6.45, 7) is 4.15. The van der Waals surface area contributed by atoms with Crippen molar-refractivity contribution in [2.24, 2.45) is 0 Å². The number of carbonyl (C=O) groups excluding carboxylic acids is 2. The molecule has 0 spiro atoms. The molecule has 0 aliphatic carbocycles. The average Bonchev–Trinajstić information content (AvgIpc) is 2.99. The molecule has 0 bridgehead atoms. The molecule has 1 N–H and O–H groups in total. The topological polar surface area (TPSA) is 49.4 Å². The van der Waals surface area contributed by atoms with Gasteiger partial charge in [-0.1, -0.05) is 6.07 Å². The number of anilines is 1. The number of Topliss-reactive ketones (excluding diaryl/α,β-unsaturated/α-hetero) is 1. The first-order valence-corrected chi connectivity index (χ1v) is 8.00. The third-order valence-electron chi connectivity index (χ3n) is 3.58. The molecule has 22 heavy (non-hydrogen) atoms. The Labute approximate surface area is 134 Å². The van der Waals surface area contributed by atoms with E-state index in [-0.39, 0.29) is 17.7 Å². The van der Waals surface area contributed by atoms with Gasteiger partial charge in [-0.15, -0.1) is 11.3 Å². The molecule has 2 aromatic rings. The Morgan fingerprint density at radius 3 is 2.45 bits per heavy atom. The van der Waals surface area contributed by atoms with Gasteiger partial charge >= 0.3 is 0 Å². The Kier molecular flexibility index (Phi) is 5.46. The van der Waals surface area contributed by atoms with E-state index >= 15 is 0 Å². The Morgan fingerprint density at radius 2 is 1.91 bits per heavy atom. The highest BCUT2D eigenvalue weighted by molar-refractivity contribution is 7.09. The first-order valence-electron chi connectivity index (χ1n) is 7.12. The summed E-state index contributed by atoms with van der Waals surface area (Å²) in [5.41, 5.74) is 1.34. The van der Waals surface area contributed by atoms with E-state index in [2.05, 4.69) is 11.4 Å². The second kappa shape index (κ2) is 7.33. The SMILES string of the molecule is CC(=O)c1ccc(NC(=O)[C@@H](C)N(C)Cc2cccs2)cc1. The maximum absolute atomic E-state index is 12.3. The zero-order valence-electron chi connectivity index (χ0n) is 13.0. The van der Waals surface area contributed by atoms with Crippen LogP contribution >= 0.6 is 11.3 Å². The number of ketones is 1. The van der Waals surface area contributed by atoms with Crippen LogP contribution in [0.1, 0.15) is 29.1 Å². The van der Waals surface area contributed by atoms with Crippen LogP contribution in [-0.4, -0.2) is 29.7 Å². The van der Waals surface area contributed by atoms with E-state index in [0.717, 1.165) is 6.54 Å². The van der Waals surface area contributed by atoms with Gasteiger partial charge in [-0.25, -0.2) is 0 Å². The maximum atomic E-state index is 12.3. The van der Waals surface area contributed by atoms with Crippen molar-refractivity contribution in [2.75, 3.05) is 12.4 Å². The van der Waals surface area contributed by atoms with Crippen molar-refractivity contribution in [1.82, 2.24) is 4.90 Å². The highest BCUT2D eigenvalue weighted by Crippen LogP contribution is 2.14. The average molecular weight is 316 g/mol. The first kappa shape index (κ1) is 16.4. The molecule has 1 heterocycles. The quantitative estimate of drug-likeness (QED) is 0.831. The highest BCUT2D eigenvalue weighted by atomic mass is 32.1. The van der Waals surface area contributed by atoms with Gasteiger partial charge in [0.15, 0.2) is 5.78 Å². The number of likely N-dealkylation sites (N-methyl/N-ethyl adjacent to an activating group) is 1. The number of thiophene rings is 1. The van der Waals surface area contributed by atoms with Gasteiger partial charge in [0, 0.05) is 22.7 Å². The van der Waals surface area contributed by atoms with Crippen LogP contribution in [0.15, 0.2) is 41.8 Å². The Hall–Kier alpha value is -1.98. The van der Waals surface area contributed by atoms with Crippen LogP contribution in [0, 0.1) is 0 Å². The standard InChI is InChI=1S/C17H20N2O2S/c1-12(19(3)11-16-5-4-10-22-16)17(21)18-15-8-6-14(7-9-15)13(2)20/h4-10,12H,11H2,1-3H3,(H,18,21)/t12-/m1/s1. The number of rotatable bonds is 6. The van der Waals surface area contributed by atoms with Crippen molar-refractivity contribution in [3.63, 3.8) is 0 Å². The molecular formula is C17H20N2O2S. The number of hydrogen-bond donors (Lipinski definition) is 1. The number of nitrogens with zero attached hydrogens (tertiary/aromatic N) is 1. The van der Waals surface area contributed by atoms with Crippen molar-refractivity contribution in [3.8, 4) is 0 Å². The molecule has 0 radical (unpaired) electrons. The molecule has 116 valence electrons. The number of nitrogens with one attached hydrogen (secondary N) is 1. The summed E-state index contributed by atoms with van der Waals surface area (Å²) in [6, 6.07) is 10.8. The predicted octanol–water partition coefficient (Wildman–Crippen LogP) is 3.41. The summed E-state index contributed by atoms with van der Waals surface area (Å²) in [5, 5.41) is 4.91. The summed E-state index contributed by atoms with van der Waals surface area (Å²) in [5.74, 6) is -0.0449. The van der Waals surface area contributed by atoms with E-state index in [9.17, 15) is 9.59 Å². The van der Waals surface area contributed by atoms with E-state index in [1.54, 1.807) is 35.6 Å². The van der Waals surface area contributed by atoms with Crippen molar-refractivity contribution in [3.05, 3.63) is 52.2 Å². The first-order chi connectivity index (χ1) is 10.5. The minimum atomic E-state index is -0.241. The second-order valence-electron chi connectivity index (χ2n) is 5.29. The van der Waals surface area contributed by atoms with Crippen LogP contribution in [0.25, 0.3) is 0 Å². The van der Waals surface area contributed by atoms with E-state index in [4.69, 9.17) is 0 Å². The predicted molar refractivity (Wildman–Crippen MR) is 90.3 cm³/mol. The van der Waals surface area contributed by atoms with Crippen LogP contribution in [-0.2, 0) is 11.3 Å². The highest BCUT2D eigenvalue weighted by Gasteiger charge is 2.18. The lowest BCUT2D eigenvalue weighted by molar-refractivity contribution is -0.120. The summed E-state index contributed by atoms with van der Waals surface area (Å²) >= 11 is 1.68. The van der Waals surface area contributed by atoms with Gasteiger partial charge in [-0.2, -0.15) is 0 Å². The van der Waals surface area contributed by atoms with E-state index in [1.165, 1.54) is 11.8 Å². The normalized spacial score (nSPS) is 12.2. The molecule has 0 fully saturated rings. The number of amides is 1. The lowest BCUT2D eigenvalue weighted by Crippen LogP contribution is -2.39. The van der Waals surface area contributed by atoms with Crippen molar-refractivity contribution < 1.29 is 9.59 Å². The molecule has 0 aliphatic rings. The Morgan fingerprint density at radius 1 is 1.23 bits per heavy atom. The zero-order chi connectivity index (χ0) is 16.1. The van der Waals surface area contributed by atoms with Gasteiger partial charge in [0.05, 0.1) is 6.04 Å². The molecule has 0 aliphatic heterocycles. The molecule has 1 atom stereocenters. The van der Waals surface area contributed by atoms with E-state index in [0.29, 0.717) is 11.3 Å². The molecule has 1 amide bonds. The molecule has 0 saturated heterocycles. The van der Waals surface area contributed by atoms with Crippen LogP contribution in [0.3, 0.4) is 0 Å². The largest absolute Gasteiger partial charge is 0.325 e. The molecular weight excluding hydrogens is 296 g/mol. The van der Waals surface area contributed by atoms with Crippen LogP contribution in [0.2, 0.25) is 0 Å². The van der Waals surface area contributed by atoms with Gasteiger partial charge in [-0.05, 0) is 56.6 Å². The van der Waals surface area contributed by atoms with Gasteiger partial charge in [0.2, 0.25) is 5.91 Å². The van der Waals surface area contributed by atoms with Gasteiger partial charge < -0.3 is 5.32 Å². The fraction of sp³-hybridized carbons (Fsp3) is 0.294. The number of hydrogen-bond acceptors (Lipinski definition) is 4. The smallest absolute Gasteiger partial charge is 0.241 e. The minimum Gasteiger partial charge on any atom is -0.325 e. The van der Waals surface area contributed by atoms with Crippen LogP contribution < -0.4 is 5.32 Å². The van der Waals surface area contributed by atoms with Crippen LogP contribution in [0.4, 0.5) is 5.69 Å². The third-order valence-corrected chi connectivity index (χ3v) is 4.45. The monoisotopic (exact) mass is 316 g/mol. The van der Waals surface area contributed by atoms with Crippen LogP contribution in [0.5, 0.6) is 0 Å². The molecule has 2 rings (SSSR count). The minimum absolute atomic E-state index is 0.0157. The van der Waals surface area contributed by atoms with E-state index < -0.39 is 0 Å². The molecule has 1 aromatic carbocycles. The van der Waals surface area contributed by atoms with Crippen molar-refractivity contribution in [1.29, 1.82) is 0 Å². The van der Waals surface area contributed by atoms with Gasteiger partial charge in [0.1, 0.15) is 0 Å². The molecule has 5 heteroatoms. The van der Waals surface area contributed by atoms with Gasteiger partial charge in [-0.3, -0.25) is 14.5 Å². The third kappa shape index (κ3) is 4.26. The number of benzene rings is 1. The fourth-order valence-corrected chi connectivity index (χ4v) is 2.79. The van der Waals surface area contributed by atoms with Crippen molar-refractivity contribution in [2.45, 2.75) is 26.4 Å². The Bertz CT molecular complexity index is 635. The molecule has 1 aromatic heterocycles. The second-order valence-corrected chi connectivity index (χ2v) is 6.33. The zero-order valence-corrected chi connectivity index (χ0v) is 13.8. The maximum Gasteiger partial charge on any atom is 0.241 e. The molecule has 0 saturated carbocycles. The van der Waals surface area contributed by atoms with Gasteiger partial charge in [0.25, 0.3) is 0 Å². The molecule has 4 nitrogen and oxygen atoms in total. The summed E-state index contributed by atoms with van der Waals surface area (Å²) in [4.78, 5) is 26.8. The number of carbonyl (C=O) groups is 2. The lowest BCUT2D eigenvalue weighted by Gasteiger charge is -2.23. The summed E-state index contributed by atoms with van der Waals surface area (Å²) < 4.78 is 0. The lowest BCUT2D eigenvalue weighted by atomic mass is 10.1. The Balaban J connectivity index is 1.94. The molecule has 0 unspecified atom stereocenters. The fourth-order valence-electron chi connectivity index (χ4n) is 2.02.